The smallest absolute Gasteiger partial charge is 0.303 e. The lowest BCUT2D eigenvalue weighted by Crippen LogP contribution is -1.98. The van der Waals surface area contributed by atoms with Gasteiger partial charge < -0.3 is 15.8 Å². The summed E-state index contributed by atoms with van der Waals surface area (Å²) >= 11 is 0. The molecule has 0 fully saturated rings. The standard InChI is InChI=1S/C12H14N2O2/c1-7-9(3-5-12(15)16)10-6-8(13)2-4-11(10)14-7/h2,4,6,14H,3,5,13H2,1H3,(H,15,16). The van der Waals surface area contributed by atoms with Crippen molar-refractivity contribution in [3.05, 3.63) is 29.5 Å². The number of carboxylic acid groups (broad SMARTS) is 1. The van der Waals surface area contributed by atoms with Crippen molar-refractivity contribution in [3.63, 3.8) is 0 Å². The van der Waals surface area contributed by atoms with Gasteiger partial charge in [-0.2, -0.15) is 0 Å². The average molecular weight is 218 g/mol. The van der Waals surface area contributed by atoms with Gasteiger partial charge in [-0.25, -0.2) is 0 Å². The Balaban J connectivity index is 2.45. The number of hydrogen-bond donors (Lipinski definition) is 3. The van der Waals surface area contributed by atoms with Crippen LogP contribution in [0, 0.1) is 6.92 Å². The zero-order valence-electron chi connectivity index (χ0n) is 9.08. The number of H-pyrrole nitrogens is 1. The van der Waals surface area contributed by atoms with Crippen LogP contribution in [0.3, 0.4) is 0 Å². The van der Waals surface area contributed by atoms with Crippen LogP contribution in [0.15, 0.2) is 18.2 Å². The van der Waals surface area contributed by atoms with E-state index in [-0.39, 0.29) is 6.42 Å². The Morgan fingerprint density at radius 2 is 2.25 bits per heavy atom. The molecular weight excluding hydrogens is 204 g/mol. The molecule has 0 amide bonds. The molecule has 2 aromatic rings. The number of nitrogens with one attached hydrogen (secondary N) is 1. The van der Waals surface area contributed by atoms with Crippen LogP contribution in [-0.2, 0) is 11.2 Å². The Morgan fingerprint density at radius 3 is 2.94 bits per heavy atom. The van der Waals surface area contributed by atoms with E-state index in [0.29, 0.717) is 12.1 Å². The number of fused-ring (bicyclic) bond motifs is 1. The normalized spacial score (nSPS) is 10.8. The van der Waals surface area contributed by atoms with E-state index < -0.39 is 5.97 Å². The second-order valence-corrected chi connectivity index (χ2v) is 3.93. The van der Waals surface area contributed by atoms with Gasteiger partial charge in [0.15, 0.2) is 0 Å². The fourth-order valence-corrected chi connectivity index (χ4v) is 1.95. The number of nitrogen functional groups attached to an aromatic ring is 1. The Bertz CT molecular complexity index is 543. The molecule has 4 nitrogen and oxygen atoms in total. The molecule has 0 aliphatic heterocycles. The maximum atomic E-state index is 10.6. The van der Waals surface area contributed by atoms with Crippen LogP contribution in [0.25, 0.3) is 10.9 Å². The second kappa shape index (κ2) is 3.89. The molecule has 0 saturated heterocycles. The number of aromatic amines is 1. The predicted molar refractivity (Wildman–Crippen MR) is 63.4 cm³/mol. The first-order valence-electron chi connectivity index (χ1n) is 5.16. The number of carbonyl (C=O) groups is 1. The summed E-state index contributed by atoms with van der Waals surface area (Å²) in [5.41, 5.74) is 9.49. The number of aromatic nitrogens is 1. The number of carboxylic acids is 1. The third-order valence-corrected chi connectivity index (χ3v) is 2.73. The van der Waals surface area contributed by atoms with E-state index in [0.717, 1.165) is 22.2 Å². The van der Waals surface area contributed by atoms with E-state index in [1.807, 2.05) is 25.1 Å². The molecule has 84 valence electrons. The topological polar surface area (TPSA) is 79.1 Å². The van der Waals surface area contributed by atoms with E-state index in [4.69, 9.17) is 10.8 Å². The van der Waals surface area contributed by atoms with Gasteiger partial charge in [0.25, 0.3) is 0 Å². The van der Waals surface area contributed by atoms with Crippen molar-refractivity contribution in [2.45, 2.75) is 19.8 Å². The van der Waals surface area contributed by atoms with E-state index in [1.165, 1.54) is 0 Å². The minimum absolute atomic E-state index is 0.141. The maximum absolute atomic E-state index is 10.6. The quantitative estimate of drug-likeness (QED) is 0.690. The Labute approximate surface area is 93.1 Å². The van der Waals surface area contributed by atoms with Gasteiger partial charge in [-0.1, -0.05) is 0 Å². The molecule has 0 unspecified atom stereocenters. The van der Waals surface area contributed by atoms with Crippen LogP contribution in [0.5, 0.6) is 0 Å². The summed E-state index contributed by atoms with van der Waals surface area (Å²) in [6, 6.07) is 5.64. The first-order chi connectivity index (χ1) is 7.58. The third-order valence-electron chi connectivity index (χ3n) is 2.73. The van der Waals surface area contributed by atoms with E-state index in [9.17, 15) is 4.79 Å². The molecule has 0 spiro atoms. The van der Waals surface area contributed by atoms with Crippen LogP contribution in [0.4, 0.5) is 5.69 Å². The molecule has 1 aromatic heterocycles. The number of hydrogen-bond acceptors (Lipinski definition) is 2. The largest absolute Gasteiger partial charge is 0.481 e. The summed E-state index contributed by atoms with van der Waals surface area (Å²) in [5.74, 6) is -0.780. The summed E-state index contributed by atoms with van der Waals surface area (Å²) in [6.07, 6.45) is 0.674. The molecule has 0 radical (unpaired) electrons. The van der Waals surface area contributed by atoms with Crippen LogP contribution in [0.1, 0.15) is 17.7 Å². The van der Waals surface area contributed by atoms with Crippen molar-refractivity contribution in [1.29, 1.82) is 0 Å². The van der Waals surface area contributed by atoms with Crippen molar-refractivity contribution in [1.82, 2.24) is 4.98 Å². The molecule has 0 atom stereocenters. The van der Waals surface area contributed by atoms with Crippen molar-refractivity contribution >= 4 is 22.6 Å². The average Bonchev–Trinajstić information content (AvgIpc) is 2.51. The molecule has 0 saturated carbocycles. The first kappa shape index (κ1) is 10.5. The minimum atomic E-state index is -0.780. The van der Waals surface area contributed by atoms with Gasteiger partial charge in [0.05, 0.1) is 0 Å². The maximum Gasteiger partial charge on any atom is 0.303 e. The molecule has 0 aliphatic carbocycles. The highest BCUT2D eigenvalue weighted by atomic mass is 16.4. The molecule has 0 aliphatic rings. The molecule has 0 bridgehead atoms. The highest BCUT2D eigenvalue weighted by Crippen LogP contribution is 2.25. The van der Waals surface area contributed by atoms with E-state index >= 15 is 0 Å². The lowest BCUT2D eigenvalue weighted by Gasteiger charge is -1.99. The number of rotatable bonds is 3. The summed E-state index contributed by atoms with van der Waals surface area (Å²) in [7, 11) is 0. The molecule has 2 rings (SSSR count). The van der Waals surface area contributed by atoms with Gasteiger partial charge in [-0.3, -0.25) is 4.79 Å². The fraction of sp³-hybridized carbons (Fsp3) is 0.250. The van der Waals surface area contributed by atoms with Gasteiger partial charge >= 0.3 is 5.97 Å². The molecular formula is C12H14N2O2. The molecule has 4 heteroatoms. The molecule has 4 N–H and O–H groups in total. The minimum Gasteiger partial charge on any atom is -0.481 e. The Morgan fingerprint density at radius 1 is 1.50 bits per heavy atom. The lowest BCUT2D eigenvalue weighted by molar-refractivity contribution is -0.136. The zero-order chi connectivity index (χ0) is 11.7. The van der Waals surface area contributed by atoms with Crippen molar-refractivity contribution in [3.8, 4) is 0 Å². The lowest BCUT2D eigenvalue weighted by atomic mass is 10.1. The molecule has 16 heavy (non-hydrogen) atoms. The van der Waals surface area contributed by atoms with Crippen LogP contribution < -0.4 is 5.73 Å². The third kappa shape index (κ3) is 1.86. The highest BCUT2D eigenvalue weighted by molar-refractivity contribution is 5.87. The summed E-state index contributed by atoms with van der Waals surface area (Å²) in [6.45, 7) is 1.95. The highest BCUT2D eigenvalue weighted by Gasteiger charge is 2.09. The predicted octanol–water partition coefficient (Wildman–Crippen LogP) is 2.08. The fourth-order valence-electron chi connectivity index (χ4n) is 1.95. The van der Waals surface area contributed by atoms with Gasteiger partial charge in [0, 0.05) is 28.7 Å². The Kier molecular flexibility index (Phi) is 2.56. The summed E-state index contributed by atoms with van der Waals surface area (Å²) < 4.78 is 0. The van der Waals surface area contributed by atoms with Crippen molar-refractivity contribution in [2.75, 3.05) is 5.73 Å². The van der Waals surface area contributed by atoms with Gasteiger partial charge in [0.1, 0.15) is 0 Å². The van der Waals surface area contributed by atoms with Gasteiger partial charge in [0.2, 0.25) is 0 Å². The van der Waals surface area contributed by atoms with Crippen LogP contribution >= 0.6 is 0 Å². The number of benzene rings is 1. The first-order valence-corrected chi connectivity index (χ1v) is 5.16. The second-order valence-electron chi connectivity index (χ2n) is 3.93. The van der Waals surface area contributed by atoms with E-state index in [2.05, 4.69) is 4.98 Å². The SMILES string of the molecule is Cc1[nH]c2ccc(N)cc2c1CCC(=O)O. The number of nitrogens with two attached hydrogens (primary N) is 1. The van der Waals surface area contributed by atoms with Crippen LogP contribution in [-0.4, -0.2) is 16.1 Å². The van der Waals surface area contributed by atoms with Crippen LogP contribution in [0.2, 0.25) is 0 Å². The Hall–Kier alpha value is -1.97. The number of aliphatic carboxylic acids is 1. The van der Waals surface area contributed by atoms with Gasteiger partial charge in [-0.05, 0) is 37.1 Å². The van der Waals surface area contributed by atoms with E-state index in [1.54, 1.807) is 0 Å². The van der Waals surface area contributed by atoms with Crippen molar-refractivity contribution in [2.24, 2.45) is 0 Å². The van der Waals surface area contributed by atoms with Gasteiger partial charge in [-0.15, -0.1) is 0 Å². The summed E-state index contributed by atoms with van der Waals surface area (Å²) in [5, 5.41) is 9.72. The zero-order valence-corrected chi connectivity index (χ0v) is 9.08. The molecule has 1 heterocycles. The monoisotopic (exact) mass is 218 g/mol. The van der Waals surface area contributed by atoms with Crippen molar-refractivity contribution < 1.29 is 9.90 Å². The number of anilines is 1. The number of aryl methyl sites for hydroxylation is 2. The summed E-state index contributed by atoms with van der Waals surface area (Å²) in [4.78, 5) is 13.8. The molecule has 1 aromatic carbocycles.